The van der Waals surface area contributed by atoms with Gasteiger partial charge >= 0.3 is 12.0 Å². The van der Waals surface area contributed by atoms with E-state index in [1.165, 1.54) is 26.4 Å². The Kier molecular flexibility index (Phi) is 6.30. The number of carbonyl (C=O) groups is 2. The molecule has 3 rings (SSSR count). The number of aromatic nitrogens is 3. The van der Waals surface area contributed by atoms with Crippen LogP contribution in [0.2, 0.25) is 5.02 Å². The number of hydrogen-bond acceptors (Lipinski definition) is 6. The average molecular weight is 416 g/mol. The average Bonchev–Trinajstić information content (AvgIpc) is 3.28. The molecule has 3 aromatic rings. The molecule has 2 amide bonds. The minimum atomic E-state index is -0.592. The summed E-state index contributed by atoms with van der Waals surface area (Å²) in [5, 5.41) is 9.67. The summed E-state index contributed by atoms with van der Waals surface area (Å²) < 4.78 is 11.5. The van der Waals surface area contributed by atoms with Crippen molar-refractivity contribution in [1.82, 2.24) is 20.1 Å². The third-order valence-electron chi connectivity index (χ3n) is 3.94. The first-order valence-corrected chi connectivity index (χ1v) is 8.85. The van der Waals surface area contributed by atoms with E-state index in [1.54, 1.807) is 35.4 Å². The summed E-state index contributed by atoms with van der Waals surface area (Å²) in [4.78, 5) is 28.3. The fourth-order valence-electron chi connectivity index (χ4n) is 2.54. The lowest BCUT2D eigenvalue weighted by atomic mass is 10.1. The van der Waals surface area contributed by atoms with E-state index in [9.17, 15) is 9.59 Å². The Labute approximate surface area is 171 Å². The maximum Gasteiger partial charge on any atom is 0.341 e. The maximum absolute atomic E-state index is 12.3. The van der Waals surface area contributed by atoms with E-state index in [0.29, 0.717) is 11.5 Å². The van der Waals surface area contributed by atoms with Crippen molar-refractivity contribution in [3.05, 3.63) is 65.1 Å². The summed E-state index contributed by atoms with van der Waals surface area (Å²) in [6, 6.07) is 7.75. The molecule has 0 saturated heterocycles. The number of nitrogens with zero attached hydrogens (tertiary/aromatic N) is 3. The van der Waals surface area contributed by atoms with E-state index in [1.807, 2.05) is 6.07 Å². The molecule has 2 heterocycles. The zero-order valence-electron chi connectivity index (χ0n) is 15.7. The largest absolute Gasteiger partial charge is 0.496 e. The maximum atomic E-state index is 12.3. The van der Waals surface area contributed by atoms with Gasteiger partial charge in [-0.15, -0.1) is 0 Å². The van der Waals surface area contributed by atoms with Crippen LogP contribution in [-0.4, -0.2) is 41.0 Å². The second kappa shape index (κ2) is 9.07. The summed E-state index contributed by atoms with van der Waals surface area (Å²) in [7, 11) is 2.66. The number of esters is 1. The predicted molar refractivity (Wildman–Crippen MR) is 107 cm³/mol. The van der Waals surface area contributed by atoms with E-state index < -0.39 is 12.0 Å². The normalized spacial score (nSPS) is 10.3. The topological polar surface area (TPSA) is 107 Å². The highest BCUT2D eigenvalue weighted by molar-refractivity contribution is 6.34. The first-order chi connectivity index (χ1) is 14.0. The van der Waals surface area contributed by atoms with Gasteiger partial charge in [0.1, 0.15) is 11.3 Å². The molecule has 9 nitrogen and oxygen atoms in total. The van der Waals surface area contributed by atoms with Crippen LogP contribution in [0.1, 0.15) is 15.9 Å². The number of amides is 2. The fraction of sp³-hybridized carbons (Fsp3) is 0.158. The van der Waals surface area contributed by atoms with E-state index in [4.69, 9.17) is 21.1 Å². The molecular formula is C19H18ClN5O4. The van der Waals surface area contributed by atoms with Gasteiger partial charge in [0.15, 0.2) is 5.82 Å². The third-order valence-corrected chi connectivity index (χ3v) is 4.26. The molecule has 0 spiro atoms. The van der Waals surface area contributed by atoms with Crippen molar-refractivity contribution in [3.8, 4) is 11.6 Å². The monoisotopic (exact) mass is 415 g/mol. The Hall–Kier alpha value is -3.59. The lowest BCUT2D eigenvalue weighted by Crippen LogP contribution is -2.28. The number of nitrogens with one attached hydrogen (secondary N) is 2. The molecule has 0 radical (unpaired) electrons. The molecule has 0 unspecified atom stereocenters. The van der Waals surface area contributed by atoms with Crippen LogP contribution >= 0.6 is 11.6 Å². The molecule has 29 heavy (non-hydrogen) atoms. The molecule has 2 N–H and O–H groups in total. The predicted octanol–water partition coefficient (Wildman–Crippen LogP) is 3.04. The third kappa shape index (κ3) is 4.82. The molecular weight excluding hydrogens is 398 g/mol. The summed E-state index contributed by atoms with van der Waals surface area (Å²) in [5.41, 5.74) is 1.29. The molecule has 0 atom stereocenters. The van der Waals surface area contributed by atoms with Crippen molar-refractivity contribution in [2.75, 3.05) is 19.5 Å². The van der Waals surface area contributed by atoms with Gasteiger partial charge in [-0.25, -0.2) is 19.3 Å². The number of rotatable bonds is 6. The molecule has 2 aromatic heterocycles. The minimum Gasteiger partial charge on any atom is -0.496 e. The highest BCUT2D eigenvalue weighted by Crippen LogP contribution is 2.31. The van der Waals surface area contributed by atoms with Crippen molar-refractivity contribution in [2.45, 2.75) is 6.54 Å². The molecule has 0 aliphatic heterocycles. The second-order valence-corrected chi connectivity index (χ2v) is 6.21. The van der Waals surface area contributed by atoms with E-state index in [-0.39, 0.29) is 22.9 Å². The van der Waals surface area contributed by atoms with Gasteiger partial charge in [-0.1, -0.05) is 11.6 Å². The molecule has 150 valence electrons. The molecule has 10 heteroatoms. The molecule has 1 aromatic carbocycles. The van der Waals surface area contributed by atoms with Gasteiger partial charge in [-0.2, -0.15) is 5.10 Å². The van der Waals surface area contributed by atoms with Crippen molar-refractivity contribution >= 4 is 29.3 Å². The summed E-state index contributed by atoms with van der Waals surface area (Å²) in [6.07, 6.45) is 5.07. The molecule has 0 fully saturated rings. The number of hydrogen-bond donors (Lipinski definition) is 2. The van der Waals surface area contributed by atoms with E-state index in [2.05, 4.69) is 20.7 Å². The Bertz CT molecular complexity index is 1020. The molecule has 0 saturated carbocycles. The van der Waals surface area contributed by atoms with Gasteiger partial charge in [0, 0.05) is 31.2 Å². The minimum absolute atomic E-state index is 0.161. The van der Waals surface area contributed by atoms with Crippen LogP contribution in [0.4, 0.5) is 10.5 Å². The smallest absolute Gasteiger partial charge is 0.341 e. The lowest BCUT2D eigenvalue weighted by Gasteiger charge is -2.13. The van der Waals surface area contributed by atoms with Crippen LogP contribution in [-0.2, 0) is 11.3 Å². The van der Waals surface area contributed by atoms with Gasteiger partial charge in [-0.05, 0) is 29.8 Å². The lowest BCUT2D eigenvalue weighted by molar-refractivity contribution is 0.0597. The Balaban J connectivity index is 1.67. The quantitative estimate of drug-likeness (QED) is 0.599. The Morgan fingerprint density at radius 2 is 2.03 bits per heavy atom. The summed E-state index contributed by atoms with van der Waals surface area (Å²) >= 11 is 6.17. The van der Waals surface area contributed by atoms with Gasteiger partial charge < -0.3 is 20.1 Å². The zero-order chi connectivity index (χ0) is 20.8. The van der Waals surface area contributed by atoms with Crippen molar-refractivity contribution in [3.63, 3.8) is 0 Å². The highest BCUT2D eigenvalue weighted by Gasteiger charge is 2.17. The van der Waals surface area contributed by atoms with Gasteiger partial charge in [0.2, 0.25) is 0 Å². The molecule has 0 aliphatic rings. The fourth-order valence-corrected chi connectivity index (χ4v) is 2.75. The van der Waals surface area contributed by atoms with Crippen molar-refractivity contribution in [2.24, 2.45) is 0 Å². The van der Waals surface area contributed by atoms with E-state index >= 15 is 0 Å². The molecule has 0 bridgehead atoms. The Morgan fingerprint density at radius 1 is 1.21 bits per heavy atom. The number of urea groups is 1. The van der Waals surface area contributed by atoms with Crippen LogP contribution in [0.15, 0.2) is 48.9 Å². The SMILES string of the molecule is COC(=O)c1cc(Cl)c(NC(=O)NCc2ccnc(-n3cccn3)c2)cc1OC. The Morgan fingerprint density at radius 3 is 2.72 bits per heavy atom. The van der Waals surface area contributed by atoms with Crippen LogP contribution in [0.25, 0.3) is 5.82 Å². The standard InChI is InChI=1S/C19H18ClN5O4/c1-28-16-10-15(14(20)9-13(16)18(26)29-2)24-19(27)22-11-12-4-6-21-17(8-12)25-7-3-5-23-25/h3-10H,11H2,1-2H3,(H2,22,24,27). The zero-order valence-corrected chi connectivity index (χ0v) is 16.4. The summed E-state index contributed by atoms with van der Waals surface area (Å²) in [6.45, 7) is 0.262. The van der Waals surface area contributed by atoms with Crippen LogP contribution in [0, 0.1) is 0 Å². The van der Waals surface area contributed by atoms with E-state index in [0.717, 1.165) is 5.56 Å². The second-order valence-electron chi connectivity index (χ2n) is 5.80. The van der Waals surface area contributed by atoms with Crippen LogP contribution in [0.3, 0.4) is 0 Å². The van der Waals surface area contributed by atoms with Crippen LogP contribution < -0.4 is 15.4 Å². The van der Waals surface area contributed by atoms with Crippen LogP contribution in [0.5, 0.6) is 5.75 Å². The van der Waals surface area contributed by atoms with Gasteiger partial charge in [0.05, 0.1) is 24.9 Å². The number of halogens is 1. The number of benzene rings is 1. The first kappa shape index (κ1) is 20.2. The van der Waals surface area contributed by atoms with Gasteiger partial charge in [-0.3, -0.25) is 0 Å². The number of ether oxygens (including phenoxy) is 2. The number of methoxy groups -OCH3 is 2. The number of pyridine rings is 1. The highest BCUT2D eigenvalue weighted by atomic mass is 35.5. The number of anilines is 1. The van der Waals surface area contributed by atoms with Gasteiger partial charge in [0.25, 0.3) is 0 Å². The molecule has 0 aliphatic carbocycles. The first-order valence-electron chi connectivity index (χ1n) is 8.47. The van der Waals surface area contributed by atoms with Crippen molar-refractivity contribution < 1.29 is 19.1 Å². The summed E-state index contributed by atoms with van der Waals surface area (Å²) in [5.74, 6) is 0.279. The van der Waals surface area contributed by atoms with Crippen molar-refractivity contribution in [1.29, 1.82) is 0 Å². The number of carbonyl (C=O) groups excluding carboxylic acids is 2.